The predicted octanol–water partition coefficient (Wildman–Crippen LogP) is 1.87. The largest absolute Gasteiger partial charge is 0.323 e. The lowest BCUT2D eigenvalue weighted by Gasteiger charge is -2.33. The highest BCUT2D eigenvalue weighted by atomic mass is 35.5. The van der Waals surface area contributed by atoms with Crippen LogP contribution in [0.1, 0.15) is 0 Å². The molecule has 31 heavy (non-hydrogen) atoms. The third-order valence-electron chi connectivity index (χ3n) is 4.98. The summed E-state index contributed by atoms with van der Waals surface area (Å²) in [6.07, 6.45) is 2.94. The fourth-order valence-electron chi connectivity index (χ4n) is 3.40. The zero-order valence-electron chi connectivity index (χ0n) is 16.6. The van der Waals surface area contributed by atoms with Crippen LogP contribution < -0.4 is 5.32 Å². The number of aromatic nitrogens is 3. The van der Waals surface area contributed by atoms with E-state index in [0.717, 1.165) is 0 Å². The Morgan fingerprint density at radius 3 is 2.48 bits per heavy atom. The topological polar surface area (TPSA) is 100 Å². The molecule has 1 N–H and O–H groups in total. The number of anilines is 1. The number of piperazine rings is 1. The zero-order valence-corrected chi connectivity index (χ0v) is 18.1. The van der Waals surface area contributed by atoms with Crippen molar-refractivity contribution in [2.75, 3.05) is 38.0 Å². The van der Waals surface area contributed by atoms with Crippen molar-refractivity contribution in [1.82, 2.24) is 24.0 Å². The van der Waals surface area contributed by atoms with Crippen molar-refractivity contribution < 1.29 is 13.2 Å². The number of carbonyl (C=O) groups is 1. The van der Waals surface area contributed by atoms with Crippen LogP contribution in [-0.4, -0.2) is 71.0 Å². The van der Waals surface area contributed by atoms with Gasteiger partial charge < -0.3 is 5.32 Å². The molecule has 9 nitrogen and oxygen atoms in total. The minimum absolute atomic E-state index is 0.141. The Balaban J connectivity index is 1.37. The summed E-state index contributed by atoms with van der Waals surface area (Å²) in [5, 5.41) is 7.45. The number of halogens is 1. The minimum atomic E-state index is -3.52. The van der Waals surface area contributed by atoms with Gasteiger partial charge in [0.2, 0.25) is 15.9 Å². The van der Waals surface area contributed by atoms with Gasteiger partial charge in [-0.15, -0.1) is 0 Å². The molecule has 1 amide bonds. The van der Waals surface area contributed by atoms with Crippen LogP contribution in [0.4, 0.5) is 5.69 Å². The summed E-state index contributed by atoms with van der Waals surface area (Å²) in [7, 11) is -3.52. The summed E-state index contributed by atoms with van der Waals surface area (Å²) in [5.74, 6) is -0.219. The van der Waals surface area contributed by atoms with Crippen molar-refractivity contribution in [2.24, 2.45) is 0 Å². The Bertz CT molecular complexity index is 1150. The van der Waals surface area contributed by atoms with Gasteiger partial charge in [0.25, 0.3) is 0 Å². The lowest BCUT2D eigenvalue weighted by atomic mass is 10.2. The van der Waals surface area contributed by atoms with E-state index in [1.807, 2.05) is 4.90 Å². The van der Waals surface area contributed by atoms with E-state index in [1.54, 1.807) is 53.2 Å². The first-order valence-electron chi connectivity index (χ1n) is 9.65. The van der Waals surface area contributed by atoms with Crippen LogP contribution in [0.2, 0.25) is 5.02 Å². The molecule has 162 valence electrons. The zero-order chi connectivity index (χ0) is 21.8. The highest BCUT2D eigenvalue weighted by molar-refractivity contribution is 7.89. The normalized spacial score (nSPS) is 15.6. The van der Waals surface area contributed by atoms with Crippen molar-refractivity contribution in [3.05, 3.63) is 66.2 Å². The van der Waals surface area contributed by atoms with Gasteiger partial charge in [0.15, 0.2) is 0 Å². The maximum atomic E-state index is 12.7. The monoisotopic (exact) mass is 460 g/mol. The van der Waals surface area contributed by atoms with Crippen molar-refractivity contribution in [3.63, 3.8) is 0 Å². The molecule has 2 heterocycles. The van der Waals surface area contributed by atoms with Crippen molar-refractivity contribution in [2.45, 2.75) is 4.90 Å². The highest BCUT2D eigenvalue weighted by Gasteiger charge is 2.29. The van der Waals surface area contributed by atoms with Gasteiger partial charge in [-0.3, -0.25) is 9.69 Å². The van der Waals surface area contributed by atoms with Gasteiger partial charge in [0, 0.05) is 31.2 Å². The number of hydrogen-bond donors (Lipinski definition) is 1. The van der Waals surface area contributed by atoms with Crippen LogP contribution in [0.3, 0.4) is 0 Å². The molecule has 0 atom stereocenters. The molecule has 1 aliphatic heterocycles. The summed E-state index contributed by atoms with van der Waals surface area (Å²) in [4.78, 5) is 18.8. The SMILES string of the molecule is O=C(CN1CCN(S(=O)(=O)c2ccccc2)CC1)Nc1cc(Cl)ccc1-n1cncn1. The number of hydrogen-bond acceptors (Lipinski definition) is 6. The average Bonchev–Trinajstić information content (AvgIpc) is 3.29. The van der Waals surface area contributed by atoms with E-state index >= 15 is 0 Å². The number of benzene rings is 2. The van der Waals surface area contributed by atoms with E-state index in [0.29, 0.717) is 42.6 Å². The molecule has 3 aromatic rings. The summed E-state index contributed by atoms with van der Waals surface area (Å²) >= 11 is 6.09. The molecule has 4 rings (SSSR count). The molecule has 0 aliphatic carbocycles. The van der Waals surface area contributed by atoms with Gasteiger partial charge in [0.05, 0.1) is 22.8 Å². The number of nitrogens with zero attached hydrogens (tertiary/aromatic N) is 5. The second-order valence-corrected chi connectivity index (χ2v) is 9.42. The molecule has 1 saturated heterocycles. The van der Waals surface area contributed by atoms with Crippen LogP contribution in [0.25, 0.3) is 5.69 Å². The molecule has 0 saturated carbocycles. The lowest BCUT2D eigenvalue weighted by Crippen LogP contribution is -2.50. The predicted molar refractivity (Wildman–Crippen MR) is 117 cm³/mol. The van der Waals surface area contributed by atoms with Gasteiger partial charge in [-0.25, -0.2) is 18.1 Å². The van der Waals surface area contributed by atoms with Crippen molar-refractivity contribution >= 4 is 33.2 Å². The third-order valence-corrected chi connectivity index (χ3v) is 7.13. The van der Waals surface area contributed by atoms with Crippen molar-refractivity contribution in [1.29, 1.82) is 0 Å². The molecular formula is C20H21ClN6O3S. The third kappa shape index (κ3) is 4.93. The van der Waals surface area contributed by atoms with Crippen LogP contribution in [-0.2, 0) is 14.8 Å². The molecular weight excluding hydrogens is 440 g/mol. The standard InChI is InChI=1S/C20H21ClN6O3S/c21-16-6-7-19(27-15-22-14-23-27)18(12-16)24-20(28)13-25-8-10-26(11-9-25)31(29,30)17-4-2-1-3-5-17/h1-7,12,14-15H,8-11,13H2,(H,24,28). The fourth-order valence-corrected chi connectivity index (χ4v) is 5.02. The Labute approximate surface area is 185 Å². The molecule has 1 aromatic heterocycles. The second-order valence-electron chi connectivity index (χ2n) is 7.04. The summed E-state index contributed by atoms with van der Waals surface area (Å²) < 4.78 is 28.5. The summed E-state index contributed by atoms with van der Waals surface area (Å²) in [6, 6.07) is 13.5. The number of nitrogens with one attached hydrogen (secondary N) is 1. The molecule has 2 aromatic carbocycles. The molecule has 0 bridgehead atoms. The first kappa shape index (κ1) is 21.4. The van der Waals surface area contributed by atoms with Crippen LogP contribution in [0.5, 0.6) is 0 Å². The molecule has 0 unspecified atom stereocenters. The van der Waals surface area contributed by atoms with E-state index in [2.05, 4.69) is 15.4 Å². The minimum Gasteiger partial charge on any atom is -0.323 e. The highest BCUT2D eigenvalue weighted by Crippen LogP contribution is 2.24. The first-order chi connectivity index (χ1) is 14.9. The quantitative estimate of drug-likeness (QED) is 0.602. The summed E-state index contributed by atoms with van der Waals surface area (Å²) in [5.41, 5.74) is 1.17. The molecule has 1 fully saturated rings. The smallest absolute Gasteiger partial charge is 0.243 e. The maximum Gasteiger partial charge on any atom is 0.243 e. The number of sulfonamides is 1. The Morgan fingerprint density at radius 1 is 1.06 bits per heavy atom. The number of carbonyl (C=O) groups excluding carboxylic acids is 1. The van der Waals surface area contributed by atoms with E-state index in [1.165, 1.54) is 17.0 Å². The summed E-state index contributed by atoms with van der Waals surface area (Å²) in [6.45, 7) is 1.72. The van der Waals surface area contributed by atoms with Crippen LogP contribution in [0.15, 0.2) is 66.1 Å². The van der Waals surface area contributed by atoms with E-state index in [-0.39, 0.29) is 17.3 Å². The molecule has 1 aliphatic rings. The van der Waals surface area contributed by atoms with Gasteiger partial charge >= 0.3 is 0 Å². The van der Waals surface area contributed by atoms with Crippen LogP contribution in [0, 0.1) is 0 Å². The van der Waals surface area contributed by atoms with Gasteiger partial charge in [0.1, 0.15) is 12.7 Å². The Morgan fingerprint density at radius 2 is 1.81 bits per heavy atom. The van der Waals surface area contributed by atoms with E-state index in [9.17, 15) is 13.2 Å². The Hall–Kier alpha value is -2.79. The molecule has 0 spiro atoms. The first-order valence-corrected chi connectivity index (χ1v) is 11.5. The van der Waals surface area contributed by atoms with E-state index in [4.69, 9.17) is 11.6 Å². The fraction of sp³-hybridized carbons (Fsp3) is 0.250. The van der Waals surface area contributed by atoms with Crippen molar-refractivity contribution in [3.8, 4) is 5.69 Å². The van der Waals surface area contributed by atoms with Gasteiger partial charge in [-0.05, 0) is 30.3 Å². The average molecular weight is 461 g/mol. The van der Waals surface area contributed by atoms with Gasteiger partial charge in [-0.2, -0.15) is 9.40 Å². The number of rotatable bonds is 6. The maximum absolute atomic E-state index is 12.7. The van der Waals surface area contributed by atoms with E-state index < -0.39 is 10.0 Å². The second kappa shape index (κ2) is 9.15. The Kier molecular flexibility index (Phi) is 6.33. The molecule has 11 heteroatoms. The van der Waals surface area contributed by atoms with Gasteiger partial charge in [-0.1, -0.05) is 29.8 Å². The lowest BCUT2D eigenvalue weighted by molar-refractivity contribution is -0.117. The molecule has 0 radical (unpaired) electrons. The van der Waals surface area contributed by atoms with Crippen LogP contribution >= 0.6 is 11.6 Å². The number of amides is 1.